The van der Waals surface area contributed by atoms with Crippen molar-refractivity contribution in [3.63, 3.8) is 0 Å². The standard InChI is InChI=1S/C23H18F3N5O2/c1-14-12-15(2)31(30-14)20-10-11-21(29-28-20)33-19-8-6-18(7-9-19)27-22(32)16-4-3-5-17(13-16)23(24,25)26/h3-13H,1-2H3,(H,27,32). The second kappa shape index (κ2) is 8.73. The first-order valence-corrected chi connectivity index (χ1v) is 9.83. The lowest BCUT2D eigenvalue weighted by molar-refractivity contribution is -0.137. The largest absolute Gasteiger partial charge is 0.438 e. The molecule has 1 N–H and O–H groups in total. The van der Waals surface area contributed by atoms with Gasteiger partial charge in [0.1, 0.15) is 5.75 Å². The lowest BCUT2D eigenvalue weighted by Crippen LogP contribution is -2.13. The van der Waals surface area contributed by atoms with Crippen molar-refractivity contribution in [2.75, 3.05) is 5.32 Å². The van der Waals surface area contributed by atoms with E-state index >= 15 is 0 Å². The average Bonchev–Trinajstić information content (AvgIpc) is 3.13. The van der Waals surface area contributed by atoms with Gasteiger partial charge in [-0.1, -0.05) is 6.07 Å². The van der Waals surface area contributed by atoms with Crippen LogP contribution in [0.2, 0.25) is 0 Å². The molecule has 4 aromatic rings. The van der Waals surface area contributed by atoms with Crippen molar-refractivity contribution in [3.8, 4) is 17.4 Å². The summed E-state index contributed by atoms with van der Waals surface area (Å²) in [5.41, 5.74) is 1.22. The van der Waals surface area contributed by atoms with E-state index in [0.717, 1.165) is 23.5 Å². The normalized spacial score (nSPS) is 11.3. The molecule has 168 valence electrons. The van der Waals surface area contributed by atoms with E-state index in [9.17, 15) is 18.0 Å². The molecule has 0 fully saturated rings. The van der Waals surface area contributed by atoms with Crippen LogP contribution in [0.3, 0.4) is 0 Å². The number of rotatable bonds is 5. The Morgan fingerprint density at radius 1 is 0.970 bits per heavy atom. The molecule has 0 unspecified atom stereocenters. The molecule has 0 radical (unpaired) electrons. The summed E-state index contributed by atoms with van der Waals surface area (Å²) in [5.74, 6) is 0.613. The second-order valence-corrected chi connectivity index (χ2v) is 7.23. The first kappa shape index (κ1) is 22.0. The number of anilines is 1. The van der Waals surface area contributed by atoms with Crippen LogP contribution in [0.25, 0.3) is 5.82 Å². The number of aromatic nitrogens is 4. The van der Waals surface area contributed by atoms with Gasteiger partial charge in [0.15, 0.2) is 5.82 Å². The Morgan fingerprint density at radius 3 is 2.33 bits per heavy atom. The van der Waals surface area contributed by atoms with Crippen LogP contribution in [0.4, 0.5) is 18.9 Å². The van der Waals surface area contributed by atoms with Gasteiger partial charge in [0.2, 0.25) is 5.88 Å². The van der Waals surface area contributed by atoms with Crippen LogP contribution in [0.5, 0.6) is 11.6 Å². The summed E-state index contributed by atoms with van der Waals surface area (Å²) in [6.07, 6.45) is -4.52. The Kier molecular flexibility index (Phi) is 5.82. The minimum Gasteiger partial charge on any atom is -0.438 e. The maximum absolute atomic E-state index is 12.8. The Labute approximate surface area is 186 Å². The first-order valence-electron chi connectivity index (χ1n) is 9.83. The van der Waals surface area contributed by atoms with Crippen LogP contribution in [0.1, 0.15) is 27.3 Å². The van der Waals surface area contributed by atoms with E-state index < -0.39 is 17.6 Å². The Morgan fingerprint density at radius 2 is 1.73 bits per heavy atom. The van der Waals surface area contributed by atoms with Crippen LogP contribution in [0.15, 0.2) is 66.7 Å². The highest BCUT2D eigenvalue weighted by molar-refractivity contribution is 6.04. The third-order valence-electron chi connectivity index (χ3n) is 4.64. The quantitative estimate of drug-likeness (QED) is 0.441. The zero-order valence-corrected chi connectivity index (χ0v) is 17.6. The number of amides is 1. The summed E-state index contributed by atoms with van der Waals surface area (Å²) < 4.78 is 45.9. The molecular formula is C23H18F3N5O2. The van der Waals surface area contributed by atoms with Crippen LogP contribution in [0, 0.1) is 13.8 Å². The van der Waals surface area contributed by atoms with Crippen molar-refractivity contribution in [1.29, 1.82) is 0 Å². The summed E-state index contributed by atoms with van der Waals surface area (Å²) in [6, 6.07) is 15.9. The highest BCUT2D eigenvalue weighted by atomic mass is 19.4. The van der Waals surface area contributed by atoms with E-state index in [2.05, 4.69) is 20.6 Å². The van der Waals surface area contributed by atoms with Crippen LogP contribution in [-0.2, 0) is 6.18 Å². The van der Waals surface area contributed by atoms with Crippen molar-refractivity contribution >= 4 is 11.6 Å². The molecule has 33 heavy (non-hydrogen) atoms. The molecule has 1 amide bonds. The van der Waals surface area contributed by atoms with Gasteiger partial charge in [-0.25, -0.2) is 4.68 Å². The first-order chi connectivity index (χ1) is 15.7. The maximum Gasteiger partial charge on any atom is 0.416 e. The monoisotopic (exact) mass is 453 g/mol. The van der Waals surface area contributed by atoms with Crippen molar-refractivity contribution in [1.82, 2.24) is 20.0 Å². The molecule has 2 aromatic heterocycles. The predicted octanol–water partition coefficient (Wildman–Crippen LogP) is 5.34. The SMILES string of the molecule is Cc1cc(C)n(-c2ccc(Oc3ccc(NC(=O)c4cccc(C(F)(F)F)c4)cc3)nn2)n1. The second-order valence-electron chi connectivity index (χ2n) is 7.23. The van der Waals surface area contributed by atoms with E-state index in [1.54, 1.807) is 41.1 Å². The van der Waals surface area contributed by atoms with Gasteiger partial charge < -0.3 is 10.1 Å². The smallest absolute Gasteiger partial charge is 0.416 e. The summed E-state index contributed by atoms with van der Waals surface area (Å²) in [7, 11) is 0. The molecule has 2 aromatic carbocycles. The summed E-state index contributed by atoms with van der Waals surface area (Å²) >= 11 is 0. The molecule has 0 saturated carbocycles. The van der Waals surface area contributed by atoms with Gasteiger partial charge >= 0.3 is 6.18 Å². The molecule has 0 aliphatic heterocycles. The lowest BCUT2D eigenvalue weighted by atomic mass is 10.1. The van der Waals surface area contributed by atoms with Crippen LogP contribution < -0.4 is 10.1 Å². The molecular weight excluding hydrogens is 435 g/mol. The number of carbonyl (C=O) groups is 1. The molecule has 0 aliphatic carbocycles. The predicted molar refractivity (Wildman–Crippen MR) is 115 cm³/mol. The number of aryl methyl sites for hydroxylation is 2. The van der Waals surface area contributed by atoms with E-state index in [1.807, 2.05) is 19.9 Å². The van der Waals surface area contributed by atoms with Crippen molar-refractivity contribution in [2.24, 2.45) is 0 Å². The minimum absolute atomic E-state index is 0.0943. The number of nitrogens with one attached hydrogen (secondary N) is 1. The van der Waals surface area contributed by atoms with Crippen molar-refractivity contribution < 1.29 is 22.7 Å². The topological polar surface area (TPSA) is 81.9 Å². The zero-order chi connectivity index (χ0) is 23.6. The maximum atomic E-state index is 12.8. The van der Waals surface area contributed by atoms with Gasteiger partial charge in [-0.3, -0.25) is 4.79 Å². The van der Waals surface area contributed by atoms with Gasteiger partial charge in [0.25, 0.3) is 5.91 Å². The molecule has 10 heteroatoms. The summed E-state index contributed by atoms with van der Waals surface area (Å²) in [6.45, 7) is 3.81. The zero-order valence-electron chi connectivity index (χ0n) is 17.6. The van der Waals surface area contributed by atoms with Crippen LogP contribution in [-0.4, -0.2) is 25.9 Å². The molecule has 7 nitrogen and oxygen atoms in total. The molecule has 0 atom stereocenters. The number of ether oxygens (including phenoxy) is 1. The highest BCUT2D eigenvalue weighted by Crippen LogP contribution is 2.30. The lowest BCUT2D eigenvalue weighted by Gasteiger charge is -2.10. The fourth-order valence-corrected chi connectivity index (χ4v) is 3.11. The molecule has 0 spiro atoms. The highest BCUT2D eigenvalue weighted by Gasteiger charge is 2.30. The van der Waals surface area contributed by atoms with Gasteiger partial charge in [0.05, 0.1) is 11.3 Å². The number of hydrogen-bond acceptors (Lipinski definition) is 5. The summed E-state index contributed by atoms with van der Waals surface area (Å²) in [5, 5.41) is 15.1. The molecule has 4 rings (SSSR count). The third kappa shape index (κ3) is 5.17. The fourth-order valence-electron chi connectivity index (χ4n) is 3.11. The number of alkyl halides is 3. The van der Waals surface area contributed by atoms with Gasteiger partial charge in [-0.05, 0) is 68.4 Å². The van der Waals surface area contributed by atoms with E-state index in [0.29, 0.717) is 17.3 Å². The van der Waals surface area contributed by atoms with E-state index in [-0.39, 0.29) is 11.4 Å². The number of carbonyl (C=O) groups excluding carboxylic acids is 1. The fraction of sp³-hybridized carbons (Fsp3) is 0.130. The molecule has 0 aliphatic rings. The minimum atomic E-state index is -4.52. The summed E-state index contributed by atoms with van der Waals surface area (Å²) in [4.78, 5) is 12.3. The number of halogens is 3. The Balaban J connectivity index is 1.40. The average molecular weight is 453 g/mol. The molecule has 0 saturated heterocycles. The van der Waals surface area contributed by atoms with Crippen molar-refractivity contribution in [3.05, 3.63) is 89.2 Å². The van der Waals surface area contributed by atoms with Crippen molar-refractivity contribution in [2.45, 2.75) is 20.0 Å². The third-order valence-corrected chi connectivity index (χ3v) is 4.64. The Hall–Kier alpha value is -4.21. The van der Waals surface area contributed by atoms with Crippen LogP contribution >= 0.6 is 0 Å². The number of benzene rings is 2. The molecule has 2 heterocycles. The van der Waals surface area contributed by atoms with Gasteiger partial charge in [-0.2, -0.15) is 18.3 Å². The van der Waals surface area contributed by atoms with E-state index in [4.69, 9.17) is 4.74 Å². The molecule has 0 bridgehead atoms. The van der Waals surface area contributed by atoms with Gasteiger partial charge in [0, 0.05) is 23.0 Å². The Bertz CT molecular complexity index is 1280. The number of hydrogen-bond donors (Lipinski definition) is 1. The number of nitrogens with zero attached hydrogens (tertiary/aromatic N) is 4. The van der Waals surface area contributed by atoms with E-state index in [1.165, 1.54) is 12.1 Å². The van der Waals surface area contributed by atoms with Gasteiger partial charge in [-0.15, -0.1) is 10.2 Å².